The number of carbonyl (C=O) groups excluding carboxylic acids is 1. The van der Waals surface area contributed by atoms with Crippen LogP contribution < -0.4 is 5.32 Å². The maximum Gasteiger partial charge on any atom is 0.222 e. The Labute approximate surface area is 102 Å². The van der Waals surface area contributed by atoms with E-state index in [-0.39, 0.29) is 5.91 Å². The fourth-order valence-corrected chi connectivity index (χ4v) is 2.36. The maximum atomic E-state index is 12.0. The van der Waals surface area contributed by atoms with Gasteiger partial charge in [0.1, 0.15) is 0 Å². The van der Waals surface area contributed by atoms with E-state index in [1.54, 1.807) is 0 Å². The standard InChI is InChI=1S/C13H21N3O/c1-10-9-12(11(2)15-10)3-4-13(17)16-7-5-14-6-8-16/h9,14-15H,3-8H2,1-2H3. The zero-order valence-electron chi connectivity index (χ0n) is 10.7. The monoisotopic (exact) mass is 235 g/mol. The molecule has 0 spiro atoms. The number of aromatic nitrogens is 1. The number of nitrogens with zero attached hydrogens (tertiary/aromatic N) is 1. The predicted molar refractivity (Wildman–Crippen MR) is 68.0 cm³/mol. The lowest BCUT2D eigenvalue weighted by molar-refractivity contribution is -0.131. The molecule has 0 bridgehead atoms. The number of carbonyl (C=O) groups is 1. The lowest BCUT2D eigenvalue weighted by atomic mass is 10.1. The van der Waals surface area contributed by atoms with Gasteiger partial charge in [-0.1, -0.05) is 0 Å². The van der Waals surface area contributed by atoms with E-state index in [1.807, 2.05) is 4.90 Å². The predicted octanol–water partition coefficient (Wildman–Crippen LogP) is 0.996. The number of hydrogen-bond acceptors (Lipinski definition) is 2. The summed E-state index contributed by atoms with van der Waals surface area (Å²) < 4.78 is 0. The molecule has 1 aliphatic rings. The Morgan fingerprint density at radius 2 is 2.06 bits per heavy atom. The summed E-state index contributed by atoms with van der Waals surface area (Å²) in [6, 6.07) is 2.14. The van der Waals surface area contributed by atoms with Crippen LogP contribution in [0.5, 0.6) is 0 Å². The minimum atomic E-state index is 0.282. The lowest BCUT2D eigenvalue weighted by Gasteiger charge is -2.27. The molecule has 0 unspecified atom stereocenters. The molecule has 1 aliphatic heterocycles. The highest BCUT2D eigenvalue weighted by atomic mass is 16.2. The number of H-pyrrole nitrogens is 1. The molecule has 0 aliphatic carbocycles. The first-order valence-electron chi connectivity index (χ1n) is 6.30. The molecule has 94 valence electrons. The second-order valence-corrected chi connectivity index (χ2v) is 4.73. The van der Waals surface area contributed by atoms with Crippen molar-refractivity contribution in [3.05, 3.63) is 23.0 Å². The van der Waals surface area contributed by atoms with Crippen LogP contribution >= 0.6 is 0 Å². The molecule has 1 saturated heterocycles. The number of piperazine rings is 1. The van der Waals surface area contributed by atoms with Gasteiger partial charge in [-0.25, -0.2) is 0 Å². The number of hydrogen-bond donors (Lipinski definition) is 2. The van der Waals surface area contributed by atoms with Gasteiger partial charge in [-0.3, -0.25) is 4.79 Å². The molecule has 17 heavy (non-hydrogen) atoms. The molecule has 1 amide bonds. The van der Waals surface area contributed by atoms with Crippen LogP contribution in [0.15, 0.2) is 6.07 Å². The Balaban J connectivity index is 1.85. The molecule has 2 N–H and O–H groups in total. The summed E-state index contributed by atoms with van der Waals surface area (Å²) in [5.74, 6) is 0.282. The average molecular weight is 235 g/mol. The van der Waals surface area contributed by atoms with Crippen LogP contribution in [0.1, 0.15) is 23.4 Å². The van der Waals surface area contributed by atoms with Crippen molar-refractivity contribution >= 4 is 5.91 Å². The summed E-state index contributed by atoms with van der Waals surface area (Å²) >= 11 is 0. The van der Waals surface area contributed by atoms with Crippen molar-refractivity contribution in [3.63, 3.8) is 0 Å². The third kappa shape index (κ3) is 3.09. The van der Waals surface area contributed by atoms with Gasteiger partial charge in [0.2, 0.25) is 5.91 Å². The molecule has 0 aromatic carbocycles. The van der Waals surface area contributed by atoms with E-state index in [0.29, 0.717) is 6.42 Å². The van der Waals surface area contributed by atoms with Gasteiger partial charge in [0, 0.05) is 44.0 Å². The van der Waals surface area contributed by atoms with Crippen molar-refractivity contribution in [3.8, 4) is 0 Å². The van der Waals surface area contributed by atoms with Crippen LogP contribution in [-0.4, -0.2) is 42.0 Å². The first kappa shape index (κ1) is 12.2. The molecule has 4 heteroatoms. The molecule has 1 aromatic heterocycles. The van der Waals surface area contributed by atoms with Crippen molar-refractivity contribution in [2.75, 3.05) is 26.2 Å². The highest BCUT2D eigenvalue weighted by Gasteiger charge is 2.16. The van der Waals surface area contributed by atoms with E-state index in [9.17, 15) is 4.79 Å². The minimum absolute atomic E-state index is 0.282. The van der Waals surface area contributed by atoms with Crippen LogP contribution in [0.25, 0.3) is 0 Å². The molecule has 2 heterocycles. The fraction of sp³-hybridized carbons (Fsp3) is 0.615. The van der Waals surface area contributed by atoms with Crippen LogP contribution in [0.2, 0.25) is 0 Å². The first-order valence-corrected chi connectivity index (χ1v) is 6.30. The quantitative estimate of drug-likeness (QED) is 0.821. The molecule has 0 atom stereocenters. The van der Waals surface area contributed by atoms with Crippen molar-refractivity contribution in [1.82, 2.24) is 15.2 Å². The summed E-state index contributed by atoms with van der Waals surface area (Å²) in [5, 5.41) is 3.26. The molecule has 1 aromatic rings. The Morgan fingerprint density at radius 3 is 2.65 bits per heavy atom. The van der Waals surface area contributed by atoms with Crippen LogP contribution in [0.3, 0.4) is 0 Å². The minimum Gasteiger partial charge on any atom is -0.362 e. The molecule has 0 saturated carbocycles. The van der Waals surface area contributed by atoms with Gasteiger partial charge in [-0.2, -0.15) is 0 Å². The van der Waals surface area contributed by atoms with Crippen LogP contribution in [0.4, 0.5) is 0 Å². The zero-order chi connectivity index (χ0) is 12.3. The molecule has 4 nitrogen and oxygen atoms in total. The third-order valence-electron chi connectivity index (χ3n) is 3.33. The topological polar surface area (TPSA) is 48.1 Å². The Morgan fingerprint density at radius 1 is 1.35 bits per heavy atom. The molecule has 0 radical (unpaired) electrons. The number of nitrogens with one attached hydrogen (secondary N) is 2. The van der Waals surface area contributed by atoms with Gasteiger partial charge in [0.15, 0.2) is 0 Å². The van der Waals surface area contributed by atoms with E-state index in [2.05, 4.69) is 30.2 Å². The Bertz CT molecular complexity index is 391. The Hall–Kier alpha value is -1.29. The van der Waals surface area contributed by atoms with Crippen LogP contribution in [0, 0.1) is 13.8 Å². The molecular formula is C13H21N3O. The molecule has 2 rings (SSSR count). The van der Waals surface area contributed by atoms with Crippen molar-refractivity contribution < 1.29 is 4.79 Å². The fourth-order valence-electron chi connectivity index (χ4n) is 2.36. The average Bonchev–Trinajstić information content (AvgIpc) is 2.66. The summed E-state index contributed by atoms with van der Waals surface area (Å²) in [6.07, 6.45) is 1.47. The maximum absolute atomic E-state index is 12.0. The summed E-state index contributed by atoms with van der Waals surface area (Å²) in [7, 11) is 0. The highest BCUT2D eigenvalue weighted by molar-refractivity contribution is 5.76. The number of rotatable bonds is 3. The lowest BCUT2D eigenvalue weighted by Crippen LogP contribution is -2.46. The SMILES string of the molecule is Cc1cc(CCC(=O)N2CCNCC2)c(C)[nH]1. The number of aryl methyl sites for hydroxylation is 3. The summed E-state index contributed by atoms with van der Waals surface area (Å²) in [6.45, 7) is 7.67. The van der Waals surface area contributed by atoms with E-state index in [1.165, 1.54) is 17.0 Å². The molecular weight excluding hydrogens is 214 g/mol. The van der Waals surface area contributed by atoms with Gasteiger partial charge in [0.05, 0.1) is 0 Å². The normalized spacial score (nSPS) is 16.2. The summed E-state index contributed by atoms with van der Waals surface area (Å²) in [5.41, 5.74) is 3.63. The second-order valence-electron chi connectivity index (χ2n) is 4.73. The number of aromatic amines is 1. The highest BCUT2D eigenvalue weighted by Crippen LogP contribution is 2.12. The van der Waals surface area contributed by atoms with Crippen molar-refractivity contribution in [1.29, 1.82) is 0 Å². The second kappa shape index (κ2) is 5.36. The first-order chi connectivity index (χ1) is 8.16. The zero-order valence-corrected chi connectivity index (χ0v) is 10.7. The smallest absolute Gasteiger partial charge is 0.222 e. The van der Waals surface area contributed by atoms with E-state index >= 15 is 0 Å². The van der Waals surface area contributed by atoms with Crippen molar-refractivity contribution in [2.45, 2.75) is 26.7 Å². The number of amides is 1. The van der Waals surface area contributed by atoms with Gasteiger partial charge < -0.3 is 15.2 Å². The third-order valence-corrected chi connectivity index (χ3v) is 3.33. The van der Waals surface area contributed by atoms with E-state index in [0.717, 1.165) is 32.6 Å². The largest absolute Gasteiger partial charge is 0.362 e. The van der Waals surface area contributed by atoms with E-state index in [4.69, 9.17) is 0 Å². The van der Waals surface area contributed by atoms with Crippen LogP contribution in [-0.2, 0) is 11.2 Å². The molecule has 1 fully saturated rings. The van der Waals surface area contributed by atoms with Gasteiger partial charge in [-0.05, 0) is 31.9 Å². The van der Waals surface area contributed by atoms with Crippen molar-refractivity contribution in [2.24, 2.45) is 0 Å². The van der Waals surface area contributed by atoms with Gasteiger partial charge >= 0.3 is 0 Å². The van der Waals surface area contributed by atoms with Gasteiger partial charge in [-0.15, -0.1) is 0 Å². The van der Waals surface area contributed by atoms with E-state index < -0.39 is 0 Å². The van der Waals surface area contributed by atoms with Gasteiger partial charge in [0.25, 0.3) is 0 Å². The Kier molecular flexibility index (Phi) is 3.84. The summed E-state index contributed by atoms with van der Waals surface area (Å²) in [4.78, 5) is 17.2.